The van der Waals surface area contributed by atoms with Crippen LogP contribution in [0.1, 0.15) is 37.3 Å². The van der Waals surface area contributed by atoms with E-state index in [1.54, 1.807) is 23.9 Å². The van der Waals surface area contributed by atoms with E-state index in [-0.39, 0.29) is 10.6 Å². The maximum atomic E-state index is 10.8. The second-order valence-corrected chi connectivity index (χ2v) is 8.16. The van der Waals surface area contributed by atoms with Gasteiger partial charge in [-0.3, -0.25) is 14.7 Å². The van der Waals surface area contributed by atoms with Crippen molar-refractivity contribution in [2.24, 2.45) is 0 Å². The molecule has 2 aromatic carbocycles. The number of benzene rings is 2. The van der Waals surface area contributed by atoms with Crippen LogP contribution in [0.2, 0.25) is 5.02 Å². The van der Waals surface area contributed by atoms with Gasteiger partial charge in [0.15, 0.2) is 11.0 Å². The summed E-state index contributed by atoms with van der Waals surface area (Å²) < 4.78 is 2.23. The molecule has 0 bridgehead atoms. The van der Waals surface area contributed by atoms with Gasteiger partial charge in [-0.1, -0.05) is 60.5 Å². The van der Waals surface area contributed by atoms with Crippen LogP contribution in [0.4, 0.5) is 5.69 Å². The van der Waals surface area contributed by atoms with Crippen LogP contribution in [0.5, 0.6) is 0 Å². The first-order valence-electron chi connectivity index (χ1n) is 9.19. The SMILES string of the molecule is O=[N+]([O-])c1ccc(CSc2nnc(-c3ccccc3Cl)n2C2CCCC2)cc1. The molecule has 0 spiro atoms. The fourth-order valence-corrected chi connectivity index (χ4v) is 4.74. The van der Waals surface area contributed by atoms with Gasteiger partial charge in [-0.05, 0) is 30.5 Å². The summed E-state index contributed by atoms with van der Waals surface area (Å²) in [4.78, 5) is 10.4. The van der Waals surface area contributed by atoms with Crippen molar-refractivity contribution in [3.8, 4) is 11.4 Å². The van der Waals surface area contributed by atoms with Gasteiger partial charge in [0, 0.05) is 29.5 Å². The minimum absolute atomic E-state index is 0.101. The fraction of sp³-hybridized carbons (Fsp3) is 0.300. The van der Waals surface area contributed by atoms with Gasteiger partial charge in [0.1, 0.15) is 0 Å². The van der Waals surface area contributed by atoms with Crippen molar-refractivity contribution in [1.29, 1.82) is 0 Å². The summed E-state index contributed by atoms with van der Waals surface area (Å²) in [5.41, 5.74) is 2.01. The zero-order valence-corrected chi connectivity index (χ0v) is 16.7. The number of nitro benzene ring substituents is 1. The molecule has 1 aromatic heterocycles. The molecule has 0 unspecified atom stereocenters. The van der Waals surface area contributed by atoms with Crippen LogP contribution in [-0.2, 0) is 5.75 Å². The van der Waals surface area contributed by atoms with Crippen molar-refractivity contribution >= 4 is 29.1 Å². The van der Waals surface area contributed by atoms with E-state index in [2.05, 4.69) is 14.8 Å². The van der Waals surface area contributed by atoms with Crippen molar-refractivity contribution in [2.45, 2.75) is 42.6 Å². The summed E-state index contributed by atoms with van der Waals surface area (Å²) in [6.45, 7) is 0. The van der Waals surface area contributed by atoms with Crippen molar-refractivity contribution in [3.63, 3.8) is 0 Å². The predicted molar refractivity (Wildman–Crippen MR) is 111 cm³/mol. The van der Waals surface area contributed by atoms with E-state index in [1.165, 1.54) is 25.0 Å². The molecule has 1 fully saturated rings. The van der Waals surface area contributed by atoms with E-state index in [9.17, 15) is 10.1 Å². The van der Waals surface area contributed by atoms with E-state index >= 15 is 0 Å². The highest BCUT2D eigenvalue weighted by Gasteiger charge is 2.25. The molecule has 4 rings (SSSR count). The first-order chi connectivity index (χ1) is 13.6. The molecule has 144 valence electrons. The quantitative estimate of drug-likeness (QED) is 0.284. The first kappa shape index (κ1) is 19.0. The van der Waals surface area contributed by atoms with Gasteiger partial charge < -0.3 is 0 Å². The van der Waals surface area contributed by atoms with E-state index in [0.29, 0.717) is 16.8 Å². The molecule has 0 aliphatic heterocycles. The number of hydrogen-bond donors (Lipinski definition) is 0. The van der Waals surface area contributed by atoms with E-state index in [1.807, 2.05) is 24.3 Å². The van der Waals surface area contributed by atoms with Crippen LogP contribution in [0.25, 0.3) is 11.4 Å². The van der Waals surface area contributed by atoms with Crippen LogP contribution in [0.15, 0.2) is 53.7 Å². The zero-order valence-electron chi connectivity index (χ0n) is 15.1. The van der Waals surface area contributed by atoms with Crippen molar-refractivity contribution < 1.29 is 4.92 Å². The molecule has 0 saturated heterocycles. The maximum absolute atomic E-state index is 10.8. The summed E-state index contributed by atoms with van der Waals surface area (Å²) in [7, 11) is 0. The van der Waals surface area contributed by atoms with E-state index < -0.39 is 0 Å². The molecular formula is C20H19ClN4O2S. The molecule has 1 aliphatic rings. The van der Waals surface area contributed by atoms with Crippen LogP contribution in [-0.4, -0.2) is 19.7 Å². The maximum Gasteiger partial charge on any atom is 0.269 e. The number of nitro groups is 1. The van der Waals surface area contributed by atoms with Crippen molar-refractivity contribution in [1.82, 2.24) is 14.8 Å². The first-order valence-corrected chi connectivity index (χ1v) is 10.6. The summed E-state index contributed by atoms with van der Waals surface area (Å²) >= 11 is 8.02. The van der Waals surface area contributed by atoms with Crippen LogP contribution < -0.4 is 0 Å². The molecule has 1 aliphatic carbocycles. The lowest BCUT2D eigenvalue weighted by atomic mass is 10.2. The number of hydrogen-bond acceptors (Lipinski definition) is 5. The minimum atomic E-state index is -0.385. The van der Waals surface area contributed by atoms with Gasteiger partial charge in [-0.15, -0.1) is 10.2 Å². The second kappa shape index (κ2) is 8.32. The van der Waals surface area contributed by atoms with Gasteiger partial charge in [-0.2, -0.15) is 0 Å². The third-order valence-corrected chi connectivity index (χ3v) is 6.33. The summed E-state index contributed by atoms with van der Waals surface area (Å²) in [6.07, 6.45) is 4.63. The Morgan fingerprint density at radius 2 is 1.82 bits per heavy atom. The monoisotopic (exact) mass is 414 g/mol. The lowest BCUT2D eigenvalue weighted by Crippen LogP contribution is -2.08. The van der Waals surface area contributed by atoms with Gasteiger partial charge >= 0.3 is 0 Å². The minimum Gasteiger partial charge on any atom is -0.299 e. The average molecular weight is 415 g/mol. The standard InChI is InChI=1S/C20H19ClN4O2S/c21-18-8-4-3-7-17(18)19-22-23-20(24(19)15-5-1-2-6-15)28-13-14-9-11-16(12-10-14)25(26)27/h3-4,7-12,15H,1-2,5-6,13H2. The Bertz CT molecular complexity index is 984. The number of rotatable bonds is 6. The van der Waals surface area contributed by atoms with Crippen LogP contribution in [0, 0.1) is 10.1 Å². The largest absolute Gasteiger partial charge is 0.299 e. The van der Waals surface area contributed by atoms with E-state index in [4.69, 9.17) is 11.6 Å². The Balaban J connectivity index is 1.61. The highest BCUT2D eigenvalue weighted by atomic mass is 35.5. The molecule has 0 N–H and O–H groups in total. The Labute approximate surface area is 172 Å². The fourth-order valence-electron chi connectivity index (χ4n) is 3.56. The van der Waals surface area contributed by atoms with Gasteiger partial charge in [0.05, 0.1) is 9.95 Å². The predicted octanol–water partition coefficient (Wildman–Crippen LogP) is 5.91. The number of non-ortho nitro benzene ring substituents is 1. The molecular weight excluding hydrogens is 396 g/mol. The van der Waals surface area contributed by atoms with Crippen molar-refractivity contribution in [2.75, 3.05) is 0 Å². The number of thioether (sulfide) groups is 1. The highest BCUT2D eigenvalue weighted by molar-refractivity contribution is 7.98. The lowest BCUT2D eigenvalue weighted by Gasteiger charge is -2.17. The third-order valence-electron chi connectivity index (χ3n) is 4.98. The Hall–Kier alpha value is -2.38. The molecule has 0 atom stereocenters. The summed E-state index contributed by atoms with van der Waals surface area (Å²) in [6, 6.07) is 14.7. The topological polar surface area (TPSA) is 73.8 Å². The molecule has 28 heavy (non-hydrogen) atoms. The number of aromatic nitrogens is 3. The molecule has 1 saturated carbocycles. The molecule has 3 aromatic rings. The van der Waals surface area contributed by atoms with Crippen molar-refractivity contribution in [3.05, 3.63) is 69.2 Å². The molecule has 6 nitrogen and oxygen atoms in total. The Morgan fingerprint density at radius 3 is 2.50 bits per heavy atom. The average Bonchev–Trinajstić information content (AvgIpc) is 3.36. The van der Waals surface area contributed by atoms with E-state index in [0.717, 1.165) is 34.9 Å². The normalized spacial score (nSPS) is 14.5. The van der Waals surface area contributed by atoms with Gasteiger partial charge in [0.25, 0.3) is 5.69 Å². The Kier molecular flexibility index (Phi) is 5.64. The molecule has 0 amide bonds. The Morgan fingerprint density at radius 1 is 1.11 bits per heavy atom. The summed E-state index contributed by atoms with van der Waals surface area (Å²) in [5.74, 6) is 1.48. The van der Waals surface area contributed by atoms with Crippen LogP contribution in [0.3, 0.4) is 0 Å². The molecule has 1 heterocycles. The number of halogens is 1. The van der Waals surface area contributed by atoms with Gasteiger partial charge in [0.2, 0.25) is 0 Å². The third kappa shape index (κ3) is 3.91. The summed E-state index contributed by atoms with van der Waals surface area (Å²) in [5, 5.41) is 21.3. The molecule has 0 radical (unpaired) electrons. The highest BCUT2D eigenvalue weighted by Crippen LogP contribution is 2.38. The lowest BCUT2D eigenvalue weighted by molar-refractivity contribution is -0.384. The van der Waals surface area contributed by atoms with Crippen LogP contribution >= 0.6 is 23.4 Å². The second-order valence-electron chi connectivity index (χ2n) is 6.81. The zero-order chi connectivity index (χ0) is 19.5. The number of nitrogens with zero attached hydrogens (tertiary/aromatic N) is 4. The smallest absolute Gasteiger partial charge is 0.269 e. The van der Waals surface area contributed by atoms with Gasteiger partial charge in [-0.25, -0.2) is 0 Å². The molecule has 8 heteroatoms.